The Morgan fingerprint density at radius 2 is 1.85 bits per heavy atom. The number of benzene rings is 1. The molecule has 0 aromatic heterocycles. The van der Waals surface area contributed by atoms with Gasteiger partial charge in [0.25, 0.3) is 0 Å². The molecule has 1 atom stereocenters. The van der Waals surface area contributed by atoms with Crippen LogP contribution in [0, 0.1) is 0 Å². The molecule has 0 aliphatic carbocycles. The first kappa shape index (κ1) is 10.2. The zero-order valence-corrected chi connectivity index (χ0v) is 7.90. The second-order valence-electron chi connectivity index (χ2n) is 3.31. The van der Waals surface area contributed by atoms with Crippen LogP contribution >= 0.6 is 0 Å². The Kier molecular flexibility index (Phi) is 3.46. The maximum absolute atomic E-state index is 10.0. The van der Waals surface area contributed by atoms with Crippen molar-refractivity contribution < 1.29 is 10.2 Å². The van der Waals surface area contributed by atoms with Crippen molar-refractivity contribution in [1.82, 2.24) is 0 Å². The fraction of sp³-hybridized carbons (Fsp3) is 0.455. The minimum absolute atomic E-state index is 0.217. The maximum Gasteiger partial charge on any atom is 0.113 e. The molecule has 0 radical (unpaired) electrons. The van der Waals surface area contributed by atoms with E-state index >= 15 is 0 Å². The summed E-state index contributed by atoms with van der Waals surface area (Å²) in [6.07, 6.45) is 1.44. The van der Waals surface area contributed by atoms with Crippen molar-refractivity contribution in [2.45, 2.75) is 25.4 Å². The van der Waals surface area contributed by atoms with Crippen LogP contribution in [0.1, 0.15) is 25.3 Å². The van der Waals surface area contributed by atoms with Gasteiger partial charge in [0.1, 0.15) is 5.60 Å². The van der Waals surface area contributed by atoms with E-state index in [0.29, 0.717) is 6.42 Å². The van der Waals surface area contributed by atoms with Crippen molar-refractivity contribution in [3.63, 3.8) is 0 Å². The van der Waals surface area contributed by atoms with E-state index < -0.39 is 5.60 Å². The monoisotopic (exact) mass is 180 g/mol. The summed E-state index contributed by atoms with van der Waals surface area (Å²) in [5.41, 5.74) is -0.268. The van der Waals surface area contributed by atoms with Gasteiger partial charge in [0, 0.05) is 0 Å². The molecule has 0 saturated heterocycles. The molecule has 0 saturated carbocycles. The van der Waals surface area contributed by atoms with Crippen molar-refractivity contribution >= 4 is 0 Å². The molecule has 1 unspecified atom stereocenters. The number of aliphatic hydroxyl groups excluding tert-OH is 1. The molecule has 2 nitrogen and oxygen atoms in total. The largest absolute Gasteiger partial charge is 0.393 e. The smallest absolute Gasteiger partial charge is 0.113 e. The summed E-state index contributed by atoms with van der Waals surface area (Å²) in [5, 5.41) is 19.2. The Balaban J connectivity index is 2.89. The molecular weight excluding hydrogens is 164 g/mol. The first-order valence-corrected chi connectivity index (χ1v) is 4.61. The van der Waals surface area contributed by atoms with Crippen LogP contribution in [0.3, 0.4) is 0 Å². The molecule has 1 aromatic carbocycles. The summed E-state index contributed by atoms with van der Waals surface area (Å²) in [7, 11) is 0. The van der Waals surface area contributed by atoms with E-state index in [9.17, 15) is 5.11 Å². The van der Waals surface area contributed by atoms with E-state index in [2.05, 4.69) is 0 Å². The SMILES string of the molecule is CCCC(O)(CO)c1ccccc1. The number of aliphatic hydroxyl groups is 2. The first-order valence-electron chi connectivity index (χ1n) is 4.61. The van der Waals surface area contributed by atoms with E-state index in [1.54, 1.807) is 0 Å². The molecule has 0 amide bonds. The number of rotatable bonds is 4. The summed E-state index contributed by atoms with van der Waals surface area (Å²) >= 11 is 0. The molecule has 0 bridgehead atoms. The molecule has 0 spiro atoms. The van der Waals surface area contributed by atoms with Crippen LogP contribution in [0.15, 0.2) is 30.3 Å². The quantitative estimate of drug-likeness (QED) is 0.740. The lowest BCUT2D eigenvalue weighted by atomic mass is 9.90. The molecule has 2 N–H and O–H groups in total. The average Bonchev–Trinajstić information content (AvgIpc) is 2.19. The second kappa shape index (κ2) is 4.40. The van der Waals surface area contributed by atoms with Gasteiger partial charge in [0.2, 0.25) is 0 Å². The maximum atomic E-state index is 10.0. The fourth-order valence-electron chi connectivity index (χ4n) is 1.48. The van der Waals surface area contributed by atoms with Crippen molar-refractivity contribution in [3.05, 3.63) is 35.9 Å². The van der Waals surface area contributed by atoms with Crippen molar-refractivity contribution in [2.24, 2.45) is 0 Å². The average molecular weight is 180 g/mol. The molecule has 13 heavy (non-hydrogen) atoms. The van der Waals surface area contributed by atoms with Gasteiger partial charge in [-0.3, -0.25) is 0 Å². The van der Waals surface area contributed by atoms with E-state index in [4.69, 9.17) is 5.11 Å². The summed E-state index contributed by atoms with van der Waals surface area (Å²) in [6, 6.07) is 9.31. The van der Waals surface area contributed by atoms with Gasteiger partial charge in [-0.05, 0) is 12.0 Å². The van der Waals surface area contributed by atoms with Gasteiger partial charge in [-0.2, -0.15) is 0 Å². The molecular formula is C11H16O2. The molecule has 0 fully saturated rings. The zero-order valence-electron chi connectivity index (χ0n) is 7.90. The van der Waals surface area contributed by atoms with Gasteiger partial charge in [-0.25, -0.2) is 0 Å². The van der Waals surface area contributed by atoms with Gasteiger partial charge in [-0.1, -0.05) is 43.7 Å². The predicted molar refractivity (Wildman–Crippen MR) is 52.3 cm³/mol. The predicted octanol–water partition coefficient (Wildman–Crippen LogP) is 1.67. The Morgan fingerprint density at radius 1 is 1.23 bits per heavy atom. The lowest BCUT2D eigenvalue weighted by Crippen LogP contribution is -2.29. The highest BCUT2D eigenvalue weighted by molar-refractivity contribution is 5.22. The molecule has 1 rings (SSSR count). The van der Waals surface area contributed by atoms with Crippen LogP contribution in [0.25, 0.3) is 0 Å². The number of hydrogen-bond donors (Lipinski definition) is 2. The second-order valence-corrected chi connectivity index (χ2v) is 3.31. The van der Waals surface area contributed by atoms with Crippen LogP contribution in [-0.2, 0) is 5.60 Å². The van der Waals surface area contributed by atoms with Crippen LogP contribution in [0.4, 0.5) is 0 Å². The molecule has 0 aliphatic heterocycles. The van der Waals surface area contributed by atoms with Gasteiger partial charge >= 0.3 is 0 Å². The minimum atomic E-state index is -1.06. The van der Waals surface area contributed by atoms with Crippen LogP contribution in [-0.4, -0.2) is 16.8 Å². The van der Waals surface area contributed by atoms with E-state index in [1.165, 1.54) is 0 Å². The lowest BCUT2D eigenvalue weighted by Gasteiger charge is -2.25. The Morgan fingerprint density at radius 3 is 2.31 bits per heavy atom. The highest BCUT2D eigenvalue weighted by Gasteiger charge is 2.26. The Labute approximate surface area is 78.8 Å². The van der Waals surface area contributed by atoms with E-state index in [0.717, 1.165) is 12.0 Å². The highest BCUT2D eigenvalue weighted by Crippen LogP contribution is 2.25. The third-order valence-corrected chi connectivity index (χ3v) is 2.24. The normalized spacial score (nSPS) is 15.3. The third-order valence-electron chi connectivity index (χ3n) is 2.24. The van der Waals surface area contributed by atoms with E-state index in [-0.39, 0.29) is 6.61 Å². The van der Waals surface area contributed by atoms with Crippen molar-refractivity contribution in [1.29, 1.82) is 0 Å². The Bertz CT molecular complexity index is 246. The van der Waals surface area contributed by atoms with Crippen LogP contribution in [0.5, 0.6) is 0 Å². The highest BCUT2D eigenvalue weighted by atomic mass is 16.3. The summed E-state index contributed by atoms with van der Waals surface area (Å²) in [6.45, 7) is 1.77. The fourth-order valence-corrected chi connectivity index (χ4v) is 1.48. The van der Waals surface area contributed by atoms with Gasteiger partial charge in [0.15, 0.2) is 0 Å². The molecule has 0 heterocycles. The number of hydrogen-bond acceptors (Lipinski definition) is 2. The standard InChI is InChI=1S/C11H16O2/c1-2-8-11(13,9-12)10-6-4-3-5-7-10/h3-7,12-13H,2,8-9H2,1H3. The summed E-state index contributed by atoms with van der Waals surface area (Å²) < 4.78 is 0. The first-order chi connectivity index (χ1) is 6.23. The van der Waals surface area contributed by atoms with Crippen LogP contribution < -0.4 is 0 Å². The van der Waals surface area contributed by atoms with Crippen molar-refractivity contribution in [3.8, 4) is 0 Å². The lowest BCUT2D eigenvalue weighted by molar-refractivity contribution is -0.0267. The zero-order chi connectivity index (χ0) is 9.73. The van der Waals surface area contributed by atoms with Crippen LogP contribution in [0.2, 0.25) is 0 Å². The molecule has 2 heteroatoms. The molecule has 0 aliphatic rings. The summed E-state index contributed by atoms with van der Waals surface area (Å²) in [4.78, 5) is 0. The molecule has 72 valence electrons. The summed E-state index contributed by atoms with van der Waals surface area (Å²) in [5.74, 6) is 0. The van der Waals surface area contributed by atoms with Gasteiger partial charge < -0.3 is 10.2 Å². The molecule has 1 aromatic rings. The minimum Gasteiger partial charge on any atom is -0.393 e. The van der Waals surface area contributed by atoms with Crippen molar-refractivity contribution in [2.75, 3.05) is 6.61 Å². The van der Waals surface area contributed by atoms with Gasteiger partial charge in [0.05, 0.1) is 6.61 Å². The van der Waals surface area contributed by atoms with Gasteiger partial charge in [-0.15, -0.1) is 0 Å². The Hall–Kier alpha value is -0.860. The van der Waals surface area contributed by atoms with E-state index in [1.807, 2.05) is 37.3 Å². The topological polar surface area (TPSA) is 40.5 Å². The third kappa shape index (κ3) is 2.29.